The Kier molecular flexibility index (Phi) is 2.60. The largest absolute Gasteiger partial charge is 0.482 e. The first-order valence-electron chi connectivity index (χ1n) is 4.88. The minimum atomic E-state index is -0.153. The fourth-order valence-electron chi connectivity index (χ4n) is 1.63. The summed E-state index contributed by atoms with van der Waals surface area (Å²) in [5.74, 6) is 0.509. The van der Waals surface area contributed by atoms with Gasteiger partial charge in [-0.3, -0.25) is 4.79 Å². The molecule has 4 heteroatoms. The number of aliphatic hydroxyl groups excluding tert-OH is 1. The van der Waals surface area contributed by atoms with Crippen molar-refractivity contribution in [3.05, 3.63) is 23.8 Å². The number of rotatable bonds is 2. The number of carbonyl (C=O) groups is 1. The Bertz CT molecular complexity index is 389. The molecular weight excluding hydrogens is 194 g/mol. The van der Waals surface area contributed by atoms with Gasteiger partial charge in [-0.1, -0.05) is 19.1 Å². The fraction of sp³-hybridized carbons (Fsp3) is 0.364. The third kappa shape index (κ3) is 1.80. The smallest absolute Gasteiger partial charge is 0.262 e. The molecule has 1 heterocycles. The maximum atomic E-state index is 11.2. The number of benzene rings is 1. The first kappa shape index (κ1) is 9.98. The van der Waals surface area contributed by atoms with Crippen molar-refractivity contribution < 1.29 is 14.6 Å². The summed E-state index contributed by atoms with van der Waals surface area (Å²) in [6.07, 6.45) is 0. The van der Waals surface area contributed by atoms with Gasteiger partial charge in [0.05, 0.1) is 5.69 Å². The number of fused-ring (bicyclic) bond motifs is 1. The van der Waals surface area contributed by atoms with Gasteiger partial charge in [0.15, 0.2) is 6.61 Å². The lowest BCUT2D eigenvalue weighted by Crippen LogP contribution is -2.26. The number of amides is 1. The predicted octanol–water partition coefficient (Wildman–Crippen LogP) is 1.11. The Morgan fingerprint density at radius 2 is 2.40 bits per heavy atom. The molecule has 0 aliphatic carbocycles. The molecule has 0 spiro atoms. The van der Waals surface area contributed by atoms with Crippen LogP contribution >= 0.6 is 0 Å². The molecule has 1 atom stereocenters. The lowest BCUT2D eigenvalue weighted by Gasteiger charge is -2.22. The number of nitrogens with one attached hydrogen (secondary N) is 1. The van der Waals surface area contributed by atoms with Crippen LogP contribution in [-0.4, -0.2) is 24.2 Å². The van der Waals surface area contributed by atoms with Crippen LogP contribution in [0.3, 0.4) is 0 Å². The van der Waals surface area contributed by atoms with Crippen molar-refractivity contribution in [2.24, 2.45) is 0 Å². The summed E-state index contributed by atoms with van der Waals surface area (Å²) in [7, 11) is 0. The molecule has 0 radical (unpaired) electrons. The van der Waals surface area contributed by atoms with Crippen molar-refractivity contribution in [3.8, 4) is 5.75 Å². The van der Waals surface area contributed by atoms with Gasteiger partial charge >= 0.3 is 0 Å². The van der Waals surface area contributed by atoms with Gasteiger partial charge in [0.1, 0.15) is 5.75 Å². The molecule has 2 N–H and O–H groups in total. The first-order valence-corrected chi connectivity index (χ1v) is 4.88. The molecule has 0 bridgehead atoms. The van der Waals surface area contributed by atoms with Crippen molar-refractivity contribution in [3.63, 3.8) is 0 Å². The topological polar surface area (TPSA) is 58.6 Å². The van der Waals surface area contributed by atoms with Gasteiger partial charge in [-0.2, -0.15) is 0 Å². The molecule has 0 aromatic heterocycles. The van der Waals surface area contributed by atoms with Crippen LogP contribution in [0.2, 0.25) is 0 Å². The van der Waals surface area contributed by atoms with Gasteiger partial charge < -0.3 is 15.2 Å². The van der Waals surface area contributed by atoms with E-state index in [2.05, 4.69) is 5.32 Å². The highest BCUT2D eigenvalue weighted by Gasteiger charge is 2.20. The summed E-state index contributed by atoms with van der Waals surface area (Å²) in [6.45, 7) is 2.01. The summed E-state index contributed by atoms with van der Waals surface area (Å²) >= 11 is 0. The highest BCUT2D eigenvalue weighted by atomic mass is 16.5. The van der Waals surface area contributed by atoms with Gasteiger partial charge in [-0.25, -0.2) is 0 Å². The van der Waals surface area contributed by atoms with E-state index >= 15 is 0 Å². The fourth-order valence-corrected chi connectivity index (χ4v) is 1.63. The number of carbonyl (C=O) groups excluding carboxylic acids is 1. The van der Waals surface area contributed by atoms with Gasteiger partial charge in [0.25, 0.3) is 5.91 Å². The van der Waals surface area contributed by atoms with Gasteiger partial charge in [-0.05, 0) is 11.6 Å². The lowest BCUT2D eigenvalue weighted by atomic mass is 9.99. The average Bonchev–Trinajstić information content (AvgIpc) is 2.27. The Morgan fingerprint density at radius 1 is 1.60 bits per heavy atom. The quantitative estimate of drug-likeness (QED) is 0.763. The molecule has 0 saturated carbocycles. The Labute approximate surface area is 87.9 Å². The Morgan fingerprint density at radius 3 is 3.13 bits per heavy atom. The zero-order valence-corrected chi connectivity index (χ0v) is 8.49. The number of aliphatic hydroxyl groups is 1. The molecule has 0 saturated heterocycles. The molecule has 1 unspecified atom stereocenters. The standard InChI is InChI=1S/C11H13NO3/c1-7(5-13)8-3-2-4-9-11(8)12-10(14)6-15-9/h2-4,7,13H,5-6H2,1H3,(H,12,14). The molecular formula is C11H13NO3. The van der Waals surface area contributed by atoms with Crippen molar-refractivity contribution in [2.45, 2.75) is 12.8 Å². The van der Waals surface area contributed by atoms with Crippen LogP contribution < -0.4 is 10.1 Å². The third-order valence-corrected chi connectivity index (χ3v) is 2.49. The maximum Gasteiger partial charge on any atom is 0.262 e. The number of anilines is 1. The van der Waals surface area contributed by atoms with Crippen LogP contribution in [0.15, 0.2) is 18.2 Å². The molecule has 80 valence electrons. The molecule has 1 aromatic carbocycles. The second-order valence-corrected chi connectivity index (χ2v) is 3.64. The van der Waals surface area contributed by atoms with E-state index in [4.69, 9.17) is 9.84 Å². The van der Waals surface area contributed by atoms with Gasteiger partial charge in [0, 0.05) is 12.5 Å². The monoisotopic (exact) mass is 207 g/mol. The number of para-hydroxylation sites is 1. The highest BCUT2D eigenvalue weighted by molar-refractivity contribution is 5.96. The average molecular weight is 207 g/mol. The van der Waals surface area contributed by atoms with Gasteiger partial charge in [0.2, 0.25) is 0 Å². The normalized spacial score (nSPS) is 16.3. The summed E-state index contributed by atoms with van der Waals surface area (Å²) in [5.41, 5.74) is 1.60. The Hall–Kier alpha value is -1.55. The summed E-state index contributed by atoms with van der Waals surface area (Å²) in [5, 5.41) is 11.9. The second-order valence-electron chi connectivity index (χ2n) is 3.64. The van der Waals surface area contributed by atoms with Crippen molar-refractivity contribution in [1.29, 1.82) is 0 Å². The molecule has 1 aliphatic heterocycles. The van der Waals surface area contributed by atoms with Crippen LogP contribution in [0.4, 0.5) is 5.69 Å². The van der Waals surface area contributed by atoms with E-state index in [1.807, 2.05) is 25.1 Å². The number of hydrogen-bond donors (Lipinski definition) is 2. The van der Waals surface area contributed by atoms with E-state index < -0.39 is 0 Å². The lowest BCUT2D eigenvalue weighted by molar-refractivity contribution is -0.118. The van der Waals surface area contributed by atoms with Crippen LogP contribution in [0.25, 0.3) is 0 Å². The summed E-state index contributed by atoms with van der Waals surface area (Å²) in [6, 6.07) is 5.55. The van der Waals surface area contributed by atoms with Crippen LogP contribution in [0.1, 0.15) is 18.4 Å². The summed E-state index contributed by atoms with van der Waals surface area (Å²) in [4.78, 5) is 11.2. The molecule has 4 nitrogen and oxygen atoms in total. The van der Waals surface area contributed by atoms with E-state index in [0.29, 0.717) is 11.4 Å². The van der Waals surface area contributed by atoms with Crippen molar-refractivity contribution in [1.82, 2.24) is 0 Å². The zero-order chi connectivity index (χ0) is 10.8. The molecule has 0 fully saturated rings. The van der Waals surface area contributed by atoms with E-state index in [1.54, 1.807) is 0 Å². The van der Waals surface area contributed by atoms with Crippen LogP contribution in [-0.2, 0) is 4.79 Å². The van der Waals surface area contributed by atoms with Crippen molar-refractivity contribution in [2.75, 3.05) is 18.5 Å². The van der Waals surface area contributed by atoms with E-state index in [0.717, 1.165) is 5.56 Å². The summed E-state index contributed by atoms with van der Waals surface area (Å²) < 4.78 is 5.28. The number of hydrogen-bond acceptors (Lipinski definition) is 3. The molecule has 2 rings (SSSR count). The molecule has 1 aliphatic rings. The minimum absolute atomic E-state index is 0.0121. The maximum absolute atomic E-state index is 11.2. The van der Waals surface area contributed by atoms with Gasteiger partial charge in [-0.15, -0.1) is 0 Å². The zero-order valence-electron chi connectivity index (χ0n) is 8.49. The first-order chi connectivity index (χ1) is 7.22. The third-order valence-electron chi connectivity index (χ3n) is 2.49. The molecule has 15 heavy (non-hydrogen) atoms. The minimum Gasteiger partial charge on any atom is -0.482 e. The predicted molar refractivity (Wildman–Crippen MR) is 56.1 cm³/mol. The molecule has 1 aromatic rings. The number of ether oxygens (including phenoxy) is 1. The van der Waals surface area contributed by atoms with E-state index in [-0.39, 0.29) is 25.0 Å². The molecule has 1 amide bonds. The van der Waals surface area contributed by atoms with E-state index in [9.17, 15) is 4.79 Å². The second kappa shape index (κ2) is 3.90. The van der Waals surface area contributed by atoms with Crippen LogP contribution in [0, 0.1) is 0 Å². The SMILES string of the molecule is CC(CO)c1cccc2c1NC(=O)CO2. The Balaban J connectivity index is 2.43. The van der Waals surface area contributed by atoms with Crippen molar-refractivity contribution >= 4 is 11.6 Å². The van der Waals surface area contributed by atoms with E-state index in [1.165, 1.54) is 0 Å². The highest BCUT2D eigenvalue weighted by Crippen LogP contribution is 2.34. The van der Waals surface area contributed by atoms with Crippen LogP contribution in [0.5, 0.6) is 5.75 Å².